The van der Waals surface area contributed by atoms with Gasteiger partial charge in [-0.3, -0.25) is 0 Å². The van der Waals surface area contributed by atoms with Gasteiger partial charge in [-0.2, -0.15) is 0 Å². The van der Waals surface area contributed by atoms with Crippen LogP contribution in [0.15, 0.2) is 24.3 Å². The number of nitrogens with one attached hydrogen (secondary N) is 1. The molecule has 0 aromatic heterocycles. The monoisotopic (exact) mass is 278 g/mol. The van der Waals surface area contributed by atoms with E-state index in [-0.39, 0.29) is 5.54 Å². The van der Waals surface area contributed by atoms with Gasteiger partial charge < -0.3 is 15.8 Å². The van der Waals surface area contributed by atoms with Crippen molar-refractivity contribution in [2.75, 3.05) is 0 Å². The average Bonchev–Trinajstić information content (AvgIpc) is 2.24. The molecule has 4 heteroatoms. The molecule has 0 aliphatic rings. The lowest BCUT2D eigenvalue weighted by Crippen LogP contribution is -2.47. The summed E-state index contributed by atoms with van der Waals surface area (Å²) in [5, 5.41) is 2.91. The van der Waals surface area contributed by atoms with Crippen LogP contribution in [0.3, 0.4) is 0 Å². The van der Waals surface area contributed by atoms with Crippen molar-refractivity contribution in [2.24, 2.45) is 5.73 Å². The van der Waals surface area contributed by atoms with Gasteiger partial charge >= 0.3 is 6.09 Å². The standard InChI is InChI=1S/C16H26N2O2/c1-15(2,3)20-14(19)18-16(4,5)10-12-7-6-8-13(9-12)11-17/h6-9H,10-11,17H2,1-5H3,(H,18,19). The van der Waals surface area contributed by atoms with Crippen LogP contribution in [0.25, 0.3) is 0 Å². The van der Waals surface area contributed by atoms with E-state index in [9.17, 15) is 4.79 Å². The van der Waals surface area contributed by atoms with Crippen LogP contribution in [-0.2, 0) is 17.7 Å². The summed E-state index contributed by atoms with van der Waals surface area (Å²) in [7, 11) is 0. The summed E-state index contributed by atoms with van der Waals surface area (Å²) in [5.41, 5.74) is 7.02. The van der Waals surface area contributed by atoms with Crippen LogP contribution in [0.4, 0.5) is 4.79 Å². The number of carbonyl (C=O) groups is 1. The van der Waals surface area contributed by atoms with Crippen molar-refractivity contribution in [3.05, 3.63) is 35.4 Å². The van der Waals surface area contributed by atoms with E-state index in [4.69, 9.17) is 10.5 Å². The molecule has 0 unspecified atom stereocenters. The van der Waals surface area contributed by atoms with E-state index in [1.54, 1.807) is 0 Å². The van der Waals surface area contributed by atoms with E-state index in [0.29, 0.717) is 6.54 Å². The number of ether oxygens (including phenoxy) is 1. The maximum Gasteiger partial charge on any atom is 0.408 e. The fourth-order valence-corrected chi connectivity index (χ4v) is 2.00. The second kappa shape index (κ2) is 6.27. The second-order valence-corrected chi connectivity index (χ2v) is 6.71. The van der Waals surface area contributed by atoms with E-state index in [2.05, 4.69) is 11.4 Å². The molecule has 0 bridgehead atoms. The lowest BCUT2D eigenvalue weighted by atomic mass is 9.94. The zero-order valence-electron chi connectivity index (χ0n) is 13.1. The Balaban J connectivity index is 2.66. The van der Waals surface area contributed by atoms with Crippen LogP contribution in [0.5, 0.6) is 0 Å². The maximum absolute atomic E-state index is 11.8. The molecule has 0 atom stereocenters. The number of benzene rings is 1. The van der Waals surface area contributed by atoms with Gasteiger partial charge in [0.25, 0.3) is 0 Å². The quantitative estimate of drug-likeness (QED) is 0.890. The minimum atomic E-state index is -0.486. The molecule has 0 saturated heterocycles. The topological polar surface area (TPSA) is 64.3 Å². The van der Waals surface area contributed by atoms with Crippen LogP contribution < -0.4 is 11.1 Å². The van der Waals surface area contributed by atoms with Crippen LogP contribution in [-0.4, -0.2) is 17.2 Å². The summed E-state index contributed by atoms with van der Waals surface area (Å²) in [6.07, 6.45) is 0.331. The van der Waals surface area contributed by atoms with Gasteiger partial charge in [-0.05, 0) is 52.2 Å². The molecule has 0 spiro atoms. The van der Waals surface area contributed by atoms with Gasteiger partial charge in [0.15, 0.2) is 0 Å². The highest BCUT2D eigenvalue weighted by Crippen LogP contribution is 2.15. The normalized spacial score (nSPS) is 12.1. The third-order valence-corrected chi connectivity index (χ3v) is 2.71. The number of hydrogen-bond donors (Lipinski definition) is 2. The highest BCUT2D eigenvalue weighted by molar-refractivity contribution is 5.68. The highest BCUT2D eigenvalue weighted by Gasteiger charge is 2.24. The molecular weight excluding hydrogens is 252 g/mol. The van der Waals surface area contributed by atoms with Crippen LogP contribution in [0.2, 0.25) is 0 Å². The van der Waals surface area contributed by atoms with Gasteiger partial charge in [-0.1, -0.05) is 24.3 Å². The third-order valence-electron chi connectivity index (χ3n) is 2.71. The molecule has 0 heterocycles. The molecule has 0 aliphatic carbocycles. The van der Waals surface area contributed by atoms with Crippen LogP contribution >= 0.6 is 0 Å². The fourth-order valence-electron chi connectivity index (χ4n) is 2.00. The van der Waals surface area contributed by atoms with Crippen molar-refractivity contribution >= 4 is 6.09 Å². The molecule has 1 amide bonds. The van der Waals surface area contributed by atoms with Crippen molar-refractivity contribution in [1.82, 2.24) is 5.32 Å². The number of carbonyl (C=O) groups excluding carboxylic acids is 1. The van der Waals surface area contributed by atoms with Gasteiger partial charge in [0.1, 0.15) is 5.60 Å². The first-order valence-electron chi connectivity index (χ1n) is 6.90. The SMILES string of the molecule is CC(C)(Cc1cccc(CN)c1)NC(=O)OC(C)(C)C. The average molecular weight is 278 g/mol. The predicted molar refractivity (Wildman–Crippen MR) is 81.5 cm³/mol. The first kappa shape index (κ1) is 16.5. The third kappa shape index (κ3) is 6.06. The Morgan fingerprint density at radius 3 is 2.35 bits per heavy atom. The Morgan fingerprint density at radius 1 is 1.20 bits per heavy atom. The van der Waals surface area contributed by atoms with Crippen molar-refractivity contribution in [3.63, 3.8) is 0 Å². The predicted octanol–water partition coefficient (Wildman–Crippen LogP) is 2.99. The Morgan fingerprint density at radius 2 is 1.80 bits per heavy atom. The summed E-state index contributed by atoms with van der Waals surface area (Å²) in [6, 6.07) is 8.09. The van der Waals surface area contributed by atoms with Crippen molar-refractivity contribution in [3.8, 4) is 0 Å². The number of rotatable bonds is 4. The minimum Gasteiger partial charge on any atom is -0.444 e. The summed E-state index contributed by atoms with van der Waals surface area (Å²) >= 11 is 0. The number of alkyl carbamates (subject to hydrolysis) is 1. The van der Waals surface area contributed by atoms with E-state index in [1.165, 1.54) is 0 Å². The maximum atomic E-state index is 11.8. The lowest BCUT2D eigenvalue weighted by molar-refractivity contribution is 0.0472. The van der Waals surface area contributed by atoms with Crippen molar-refractivity contribution in [1.29, 1.82) is 0 Å². The molecule has 4 nitrogen and oxygen atoms in total. The zero-order chi connectivity index (χ0) is 15.4. The molecule has 0 saturated carbocycles. The molecule has 1 aromatic carbocycles. The van der Waals surface area contributed by atoms with E-state index in [1.807, 2.05) is 52.8 Å². The van der Waals surface area contributed by atoms with E-state index in [0.717, 1.165) is 17.5 Å². The van der Waals surface area contributed by atoms with Gasteiger partial charge in [-0.15, -0.1) is 0 Å². The first-order chi connectivity index (χ1) is 9.11. The molecule has 3 N–H and O–H groups in total. The number of nitrogens with two attached hydrogens (primary N) is 1. The van der Waals surface area contributed by atoms with Crippen molar-refractivity contribution < 1.29 is 9.53 Å². The zero-order valence-corrected chi connectivity index (χ0v) is 13.1. The fraction of sp³-hybridized carbons (Fsp3) is 0.562. The summed E-state index contributed by atoms with van der Waals surface area (Å²) in [4.78, 5) is 11.8. The molecule has 20 heavy (non-hydrogen) atoms. The number of hydrogen-bond acceptors (Lipinski definition) is 3. The summed E-state index contributed by atoms with van der Waals surface area (Å²) in [6.45, 7) is 10.0. The molecule has 0 aliphatic heterocycles. The molecule has 112 valence electrons. The highest BCUT2D eigenvalue weighted by atomic mass is 16.6. The summed E-state index contributed by atoms with van der Waals surface area (Å²) < 4.78 is 5.29. The lowest BCUT2D eigenvalue weighted by Gasteiger charge is -2.29. The van der Waals surface area contributed by atoms with Crippen LogP contribution in [0, 0.1) is 0 Å². The molecule has 1 aromatic rings. The Labute approximate surface area is 121 Å². The van der Waals surface area contributed by atoms with Crippen LogP contribution in [0.1, 0.15) is 45.7 Å². The number of amides is 1. The van der Waals surface area contributed by atoms with Gasteiger partial charge in [-0.25, -0.2) is 4.79 Å². The van der Waals surface area contributed by atoms with E-state index < -0.39 is 11.7 Å². The first-order valence-corrected chi connectivity index (χ1v) is 6.90. The van der Waals surface area contributed by atoms with Gasteiger partial charge in [0.2, 0.25) is 0 Å². The van der Waals surface area contributed by atoms with Gasteiger partial charge in [0.05, 0.1) is 0 Å². The second-order valence-electron chi connectivity index (χ2n) is 6.71. The minimum absolute atomic E-state index is 0.379. The summed E-state index contributed by atoms with van der Waals surface area (Å²) in [5.74, 6) is 0. The Bertz CT molecular complexity index is 462. The Kier molecular flexibility index (Phi) is 5.17. The van der Waals surface area contributed by atoms with E-state index >= 15 is 0 Å². The Hall–Kier alpha value is -1.55. The molecular formula is C16H26N2O2. The largest absolute Gasteiger partial charge is 0.444 e. The molecule has 1 rings (SSSR count). The van der Waals surface area contributed by atoms with Crippen molar-refractivity contribution in [2.45, 2.75) is 58.7 Å². The smallest absolute Gasteiger partial charge is 0.408 e. The molecule has 0 fully saturated rings. The van der Waals surface area contributed by atoms with Gasteiger partial charge in [0, 0.05) is 12.1 Å². The molecule has 0 radical (unpaired) electrons.